The molecule has 0 aromatic carbocycles. The number of rotatable bonds is 6. The molecule has 2 heterocycles. The molecule has 1 aromatic rings. The van der Waals surface area contributed by atoms with E-state index in [1.165, 1.54) is 18.7 Å². The molecular weight excluding hydrogens is 236 g/mol. The highest BCUT2D eigenvalue weighted by atomic mass is 15.2. The van der Waals surface area contributed by atoms with E-state index in [0.717, 1.165) is 32.6 Å². The quantitative estimate of drug-likeness (QED) is 0.823. The summed E-state index contributed by atoms with van der Waals surface area (Å²) in [5.74, 6) is 0. The van der Waals surface area contributed by atoms with Crippen molar-refractivity contribution in [2.75, 3.05) is 46.3 Å². The monoisotopic (exact) mass is 262 g/mol. The lowest BCUT2D eigenvalue weighted by Gasteiger charge is -2.35. The normalized spacial score (nSPS) is 18.7. The van der Waals surface area contributed by atoms with Crippen molar-refractivity contribution >= 4 is 0 Å². The van der Waals surface area contributed by atoms with Crippen LogP contribution in [0.5, 0.6) is 0 Å². The van der Waals surface area contributed by atoms with Crippen molar-refractivity contribution in [3.8, 4) is 0 Å². The van der Waals surface area contributed by atoms with Crippen LogP contribution in [0.2, 0.25) is 0 Å². The minimum atomic E-state index is 0.640. The van der Waals surface area contributed by atoms with E-state index in [1.807, 2.05) is 18.5 Å². The first-order chi connectivity index (χ1) is 9.25. The number of piperazine rings is 1. The Labute approximate surface area is 116 Å². The summed E-state index contributed by atoms with van der Waals surface area (Å²) in [6.07, 6.45) is 4.88. The summed E-state index contributed by atoms with van der Waals surface area (Å²) in [5, 5.41) is 3.41. The first-order valence-electron chi connectivity index (χ1n) is 7.28. The number of likely N-dealkylation sites (N-methyl/N-ethyl adjacent to an activating group) is 1. The molecule has 1 aliphatic rings. The molecule has 1 unspecified atom stereocenters. The molecule has 106 valence electrons. The molecule has 19 heavy (non-hydrogen) atoms. The zero-order chi connectivity index (χ0) is 13.5. The zero-order valence-corrected chi connectivity index (χ0v) is 12.2. The van der Waals surface area contributed by atoms with Gasteiger partial charge in [0.05, 0.1) is 0 Å². The summed E-state index contributed by atoms with van der Waals surface area (Å²) in [6, 6.07) is 4.81. The lowest BCUT2D eigenvalue weighted by atomic mass is 10.2. The van der Waals surface area contributed by atoms with E-state index in [2.05, 4.69) is 40.1 Å². The van der Waals surface area contributed by atoms with Crippen molar-refractivity contribution < 1.29 is 0 Å². The van der Waals surface area contributed by atoms with E-state index in [1.54, 1.807) is 0 Å². The van der Waals surface area contributed by atoms with Crippen molar-refractivity contribution in [3.63, 3.8) is 0 Å². The van der Waals surface area contributed by atoms with Crippen molar-refractivity contribution in [2.24, 2.45) is 0 Å². The highest BCUT2D eigenvalue weighted by Gasteiger charge is 2.17. The topological polar surface area (TPSA) is 31.4 Å². The third-order valence-electron chi connectivity index (χ3n) is 3.86. The van der Waals surface area contributed by atoms with Gasteiger partial charge >= 0.3 is 0 Å². The third-order valence-corrected chi connectivity index (χ3v) is 3.86. The molecule has 1 fully saturated rings. The summed E-state index contributed by atoms with van der Waals surface area (Å²) in [7, 11) is 2.22. The number of pyridine rings is 1. The average molecular weight is 262 g/mol. The van der Waals surface area contributed by atoms with Crippen LogP contribution in [0.3, 0.4) is 0 Å². The second kappa shape index (κ2) is 7.58. The lowest BCUT2D eigenvalue weighted by molar-refractivity contribution is 0.147. The fraction of sp³-hybridized carbons (Fsp3) is 0.667. The predicted octanol–water partition coefficient (Wildman–Crippen LogP) is 0.850. The second-order valence-electron chi connectivity index (χ2n) is 5.51. The minimum Gasteiger partial charge on any atom is -0.314 e. The van der Waals surface area contributed by atoms with Gasteiger partial charge in [0.2, 0.25) is 0 Å². The van der Waals surface area contributed by atoms with Crippen molar-refractivity contribution in [3.05, 3.63) is 30.1 Å². The SMILES string of the molecule is CC(CN(C)CCc1cccnc1)N1CCNCC1. The van der Waals surface area contributed by atoms with E-state index in [9.17, 15) is 0 Å². The van der Waals surface area contributed by atoms with Crippen LogP contribution in [-0.4, -0.2) is 67.1 Å². The Hall–Kier alpha value is -0.970. The van der Waals surface area contributed by atoms with Gasteiger partial charge in [0.15, 0.2) is 0 Å². The summed E-state index contributed by atoms with van der Waals surface area (Å²) in [4.78, 5) is 9.17. The third kappa shape index (κ3) is 4.90. The van der Waals surface area contributed by atoms with Crippen LogP contribution >= 0.6 is 0 Å². The van der Waals surface area contributed by atoms with Gasteiger partial charge in [-0.15, -0.1) is 0 Å². The standard InChI is InChI=1S/C15H26N4/c1-14(19-10-7-16-8-11-19)13-18(2)9-5-15-4-3-6-17-12-15/h3-4,6,12,14,16H,5,7-11,13H2,1-2H3. The second-order valence-corrected chi connectivity index (χ2v) is 5.51. The molecule has 0 saturated carbocycles. The van der Waals surface area contributed by atoms with Crippen LogP contribution < -0.4 is 5.32 Å². The van der Waals surface area contributed by atoms with E-state index < -0.39 is 0 Å². The van der Waals surface area contributed by atoms with Crippen molar-refractivity contribution in [1.82, 2.24) is 20.1 Å². The Morgan fingerprint density at radius 3 is 2.89 bits per heavy atom. The summed E-state index contributed by atoms with van der Waals surface area (Å²) in [5.41, 5.74) is 1.32. The van der Waals surface area contributed by atoms with Gasteiger partial charge in [0, 0.05) is 57.7 Å². The van der Waals surface area contributed by atoms with Crippen molar-refractivity contribution in [2.45, 2.75) is 19.4 Å². The molecule has 1 saturated heterocycles. The smallest absolute Gasteiger partial charge is 0.0300 e. The molecule has 1 N–H and O–H groups in total. The molecule has 0 radical (unpaired) electrons. The van der Waals surface area contributed by atoms with Gasteiger partial charge < -0.3 is 10.2 Å². The maximum Gasteiger partial charge on any atom is 0.0300 e. The zero-order valence-electron chi connectivity index (χ0n) is 12.2. The van der Waals surface area contributed by atoms with E-state index in [0.29, 0.717) is 6.04 Å². The van der Waals surface area contributed by atoms with Crippen molar-refractivity contribution in [1.29, 1.82) is 0 Å². The van der Waals surface area contributed by atoms with Gasteiger partial charge in [-0.05, 0) is 32.0 Å². The fourth-order valence-electron chi connectivity index (χ4n) is 2.65. The van der Waals surface area contributed by atoms with Crippen LogP contribution in [0.1, 0.15) is 12.5 Å². The van der Waals surface area contributed by atoms with Crippen LogP contribution in [0, 0.1) is 0 Å². The molecular formula is C15H26N4. The van der Waals surface area contributed by atoms with Crippen LogP contribution in [0.15, 0.2) is 24.5 Å². The maximum atomic E-state index is 4.16. The number of aromatic nitrogens is 1. The Bertz CT molecular complexity index is 348. The molecule has 0 bridgehead atoms. The van der Waals surface area contributed by atoms with Crippen LogP contribution in [0.4, 0.5) is 0 Å². The van der Waals surface area contributed by atoms with Gasteiger partial charge in [-0.1, -0.05) is 6.07 Å². The van der Waals surface area contributed by atoms with Gasteiger partial charge in [-0.2, -0.15) is 0 Å². The molecule has 1 aliphatic heterocycles. The number of nitrogens with one attached hydrogen (secondary N) is 1. The highest BCUT2D eigenvalue weighted by molar-refractivity contribution is 5.08. The Morgan fingerprint density at radius 1 is 1.42 bits per heavy atom. The Morgan fingerprint density at radius 2 is 2.21 bits per heavy atom. The fourth-order valence-corrected chi connectivity index (χ4v) is 2.65. The Balaban J connectivity index is 1.70. The summed E-state index contributed by atoms with van der Waals surface area (Å²) >= 11 is 0. The predicted molar refractivity (Wildman–Crippen MR) is 79.3 cm³/mol. The van der Waals surface area contributed by atoms with Crippen LogP contribution in [0.25, 0.3) is 0 Å². The van der Waals surface area contributed by atoms with Gasteiger partial charge in [-0.25, -0.2) is 0 Å². The average Bonchev–Trinajstić information content (AvgIpc) is 2.47. The molecule has 0 spiro atoms. The Kier molecular flexibility index (Phi) is 5.76. The molecule has 4 nitrogen and oxygen atoms in total. The lowest BCUT2D eigenvalue weighted by Crippen LogP contribution is -2.50. The first kappa shape index (κ1) is 14.4. The summed E-state index contributed by atoms with van der Waals surface area (Å²) in [6.45, 7) is 9.19. The number of nitrogens with zero attached hydrogens (tertiary/aromatic N) is 3. The summed E-state index contributed by atoms with van der Waals surface area (Å²) < 4.78 is 0. The largest absolute Gasteiger partial charge is 0.314 e. The molecule has 1 atom stereocenters. The molecule has 0 amide bonds. The molecule has 0 aliphatic carbocycles. The molecule has 1 aromatic heterocycles. The molecule has 2 rings (SSSR count). The highest BCUT2D eigenvalue weighted by Crippen LogP contribution is 2.04. The van der Waals surface area contributed by atoms with E-state index >= 15 is 0 Å². The van der Waals surface area contributed by atoms with Gasteiger partial charge in [-0.3, -0.25) is 9.88 Å². The molecule has 4 heteroatoms. The van der Waals surface area contributed by atoms with Gasteiger partial charge in [0.1, 0.15) is 0 Å². The van der Waals surface area contributed by atoms with E-state index in [4.69, 9.17) is 0 Å². The first-order valence-corrected chi connectivity index (χ1v) is 7.28. The van der Waals surface area contributed by atoms with E-state index in [-0.39, 0.29) is 0 Å². The van der Waals surface area contributed by atoms with Crippen LogP contribution in [-0.2, 0) is 6.42 Å². The number of hydrogen-bond donors (Lipinski definition) is 1. The number of hydrogen-bond acceptors (Lipinski definition) is 4. The van der Waals surface area contributed by atoms with Gasteiger partial charge in [0.25, 0.3) is 0 Å². The maximum absolute atomic E-state index is 4.16. The minimum absolute atomic E-state index is 0.640.